The lowest BCUT2D eigenvalue weighted by atomic mass is 10.1. The van der Waals surface area contributed by atoms with Gasteiger partial charge < -0.3 is 16.2 Å². The molecule has 2 aromatic carbocycles. The first kappa shape index (κ1) is 12.8. The van der Waals surface area contributed by atoms with E-state index in [4.69, 9.17) is 5.73 Å². The van der Waals surface area contributed by atoms with E-state index in [9.17, 15) is 14.7 Å². The van der Waals surface area contributed by atoms with Gasteiger partial charge in [-0.1, -0.05) is 28.1 Å². The maximum atomic E-state index is 11.1. The van der Waals surface area contributed by atoms with Crippen molar-refractivity contribution < 1.29 is 5.11 Å². The van der Waals surface area contributed by atoms with Crippen LogP contribution >= 0.6 is 15.9 Å². The molecule has 5 nitrogen and oxygen atoms in total. The molecular weight excluding hydrogens is 300 g/mol. The number of nitrogens with two attached hydrogens (primary N) is 1. The van der Waals surface area contributed by atoms with Crippen LogP contribution in [0.3, 0.4) is 0 Å². The SMILES string of the molecule is Nc1c(NC[C@@H](O)c2ccc(Br)cc2)c(=O)c1=O. The molecule has 0 aliphatic heterocycles. The number of hydrogen-bond donors (Lipinski definition) is 3. The highest BCUT2D eigenvalue weighted by atomic mass is 79.9. The van der Waals surface area contributed by atoms with E-state index in [0.29, 0.717) is 5.56 Å². The molecule has 0 saturated heterocycles. The first-order valence-corrected chi connectivity index (χ1v) is 6.06. The van der Waals surface area contributed by atoms with Crippen LogP contribution < -0.4 is 21.9 Å². The maximum absolute atomic E-state index is 11.1. The van der Waals surface area contributed by atoms with Crippen LogP contribution in [0.2, 0.25) is 0 Å². The fourth-order valence-corrected chi connectivity index (χ4v) is 1.85. The van der Waals surface area contributed by atoms with Crippen molar-refractivity contribution in [2.75, 3.05) is 17.6 Å². The Morgan fingerprint density at radius 2 is 1.83 bits per heavy atom. The molecule has 0 aliphatic carbocycles. The molecule has 94 valence electrons. The highest BCUT2D eigenvalue weighted by Crippen LogP contribution is 2.18. The third-order valence-corrected chi connectivity index (χ3v) is 3.20. The van der Waals surface area contributed by atoms with E-state index in [-0.39, 0.29) is 17.9 Å². The van der Waals surface area contributed by atoms with E-state index in [1.165, 1.54) is 0 Å². The molecule has 6 heteroatoms. The molecule has 18 heavy (non-hydrogen) atoms. The Hall–Kier alpha value is -1.66. The molecule has 0 aliphatic rings. The Kier molecular flexibility index (Phi) is 3.49. The summed E-state index contributed by atoms with van der Waals surface area (Å²) in [6.07, 6.45) is -0.776. The molecule has 2 rings (SSSR count). The van der Waals surface area contributed by atoms with E-state index in [0.717, 1.165) is 4.47 Å². The summed E-state index contributed by atoms with van der Waals surface area (Å²) in [6, 6.07) is 7.15. The highest BCUT2D eigenvalue weighted by molar-refractivity contribution is 9.10. The predicted octanol–water partition coefficient (Wildman–Crippen LogP) is 0.773. The lowest BCUT2D eigenvalue weighted by Gasteiger charge is -2.14. The number of aliphatic hydroxyl groups excluding tert-OH is 1. The zero-order valence-corrected chi connectivity index (χ0v) is 10.9. The maximum Gasteiger partial charge on any atom is 0.253 e. The average molecular weight is 311 g/mol. The fourth-order valence-electron chi connectivity index (χ4n) is 1.59. The summed E-state index contributed by atoms with van der Waals surface area (Å²) < 4.78 is 0.915. The first-order valence-electron chi connectivity index (χ1n) is 5.27. The Morgan fingerprint density at radius 3 is 2.39 bits per heavy atom. The number of aliphatic hydroxyl groups is 1. The molecule has 0 radical (unpaired) electrons. The van der Waals surface area contributed by atoms with Gasteiger partial charge in [-0.15, -0.1) is 0 Å². The number of nitrogens with one attached hydrogen (secondary N) is 1. The topological polar surface area (TPSA) is 92.4 Å². The zero-order chi connectivity index (χ0) is 13.3. The third kappa shape index (κ3) is 2.30. The van der Waals surface area contributed by atoms with Gasteiger partial charge >= 0.3 is 0 Å². The van der Waals surface area contributed by atoms with E-state index in [1.54, 1.807) is 12.1 Å². The van der Waals surface area contributed by atoms with Crippen LogP contribution in [-0.2, 0) is 0 Å². The molecule has 0 unspecified atom stereocenters. The van der Waals surface area contributed by atoms with Crippen molar-refractivity contribution in [3.05, 3.63) is 54.7 Å². The zero-order valence-electron chi connectivity index (χ0n) is 9.31. The van der Waals surface area contributed by atoms with Crippen molar-refractivity contribution in [2.45, 2.75) is 6.10 Å². The Morgan fingerprint density at radius 1 is 1.22 bits per heavy atom. The van der Waals surface area contributed by atoms with E-state index in [2.05, 4.69) is 21.2 Å². The normalized spacial score (nSPS) is 12.6. The molecule has 2 aromatic rings. The Balaban J connectivity index is 2.01. The summed E-state index contributed by atoms with van der Waals surface area (Å²) in [7, 11) is 0. The monoisotopic (exact) mass is 310 g/mol. The molecular formula is C12H11BrN2O3. The first-order chi connectivity index (χ1) is 8.50. The van der Waals surface area contributed by atoms with Gasteiger partial charge in [0.15, 0.2) is 0 Å². The lowest BCUT2D eigenvalue weighted by Crippen LogP contribution is -2.37. The average Bonchev–Trinajstić information content (AvgIpc) is 2.38. The van der Waals surface area contributed by atoms with E-state index < -0.39 is 17.0 Å². The second kappa shape index (κ2) is 4.91. The third-order valence-electron chi connectivity index (χ3n) is 2.67. The van der Waals surface area contributed by atoms with Gasteiger partial charge in [0.25, 0.3) is 10.9 Å². The van der Waals surface area contributed by atoms with Crippen molar-refractivity contribution in [3.63, 3.8) is 0 Å². The van der Waals surface area contributed by atoms with Crippen molar-refractivity contribution in [1.82, 2.24) is 0 Å². The molecule has 0 fully saturated rings. The van der Waals surface area contributed by atoms with E-state index in [1.807, 2.05) is 12.1 Å². The highest BCUT2D eigenvalue weighted by Gasteiger charge is 2.18. The van der Waals surface area contributed by atoms with Crippen LogP contribution in [0, 0.1) is 0 Å². The van der Waals surface area contributed by atoms with Crippen molar-refractivity contribution in [3.8, 4) is 0 Å². The second-order valence-electron chi connectivity index (χ2n) is 3.90. The number of rotatable bonds is 4. The minimum atomic E-state index is -0.776. The summed E-state index contributed by atoms with van der Waals surface area (Å²) in [5, 5.41) is 12.6. The smallest absolute Gasteiger partial charge is 0.253 e. The van der Waals surface area contributed by atoms with Gasteiger partial charge in [-0.05, 0) is 17.7 Å². The minimum Gasteiger partial charge on any atom is -0.394 e. The number of halogens is 1. The van der Waals surface area contributed by atoms with Gasteiger partial charge in [-0.3, -0.25) is 9.59 Å². The number of nitrogen functional groups attached to an aromatic ring is 1. The van der Waals surface area contributed by atoms with Crippen molar-refractivity contribution >= 4 is 27.3 Å². The van der Waals surface area contributed by atoms with Gasteiger partial charge in [0.1, 0.15) is 11.4 Å². The molecule has 0 amide bonds. The molecule has 0 aromatic heterocycles. The van der Waals surface area contributed by atoms with Gasteiger partial charge in [0.2, 0.25) is 0 Å². The van der Waals surface area contributed by atoms with Gasteiger partial charge in [-0.2, -0.15) is 0 Å². The molecule has 1 atom stereocenters. The predicted molar refractivity (Wildman–Crippen MR) is 73.4 cm³/mol. The summed E-state index contributed by atoms with van der Waals surface area (Å²) >= 11 is 3.30. The Bertz CT molecular complexity index is 630. The van der Waals surface area contributed by atoms with Gasteiger partial charge in [0.05, 0.1) is 6.10 Å². The van der Waals surface area contributed by atoms with E-state index >= 15 is 0 Å². The standard InChI is InChI=1S/C12H11BrN2O3/c13-7-3-1-6(2-4-7)8(16)5-15-10-9(14)11(17)12(10)18/h1-4,8,15-16H,5,14H2/t8-/m1/s1. The van der Waals surface area contributed by atoms with Crippen LogP contribution in [0.15, 0.2) is 38.3 Å². The quantitative estimate of drug-likeness (QED) is 0.726. The summed E-state index contributed by atoms with van der Waals surface area (Å²) in [4.78, 5) is 22.0. The Labute approximate surface area is 111 Å². The van der Waals surface area contributed by atoms with Gasteiger partial charge in [-0.25, -0.2) is 0 Å². The van der Waals surface area contributed by atoms with Crippen LogP contribution in [0.4, 0.5) is 11.4 Å². The minimum absolute atomic E-state index is 0.0667. The molecule has 0 saturated carbocycles. The fraction of sp³-hybridized carbons (Fsp3) is 0.167. The number of benzene rings is 1. The number of anilines is 2. The second-order valence-corrected chi connectivity index (χ2v) is 4.81. The lowest BCUT2D eigenvalue weighted by molar-refractivity contribution is 0.191. The largest absolute Gasteiger partial charge is 0.394 e. The summed E-state index contributed by atoms with van der Waals surface area (Å²) in [5.74, 6) is 0. The molecule has 4 N–H and O–H groups in total. The summed E-state index contributed by atoms with van der Waals surface area (Å²) in [6.45, 7) is 0.122. The molecule has 0 heterocycles. The van der Waals surface area contributed by atoms with Crippen LogP contribution in [0.5, 0.6) is 0 Å². The van der Waals surface area contributed by atoms with Crippen LogP contribution in [-0.4, -0.2) is 11.7 Å². The van der Waals surface area contributed by atoms with Crippen LogP contribution in [0.25, 0.3) is 0 Å². The molecule has 0 bridgehead atoms. The van der Waals surface area contributed by atoms with Crippen molar-refractivity contribution in [2.24, 2.45) is 0 Å². The number of hydrogen-bond acceptors (Lipinski definition) is 5. The van der Waals surface area contributed by atoms with Crippen molar-refractivity contribution in [1.29, 1.82) is 0 Å². The van der Waals surface area contributed by atoms with Gasteiger partial charge in [0, 0.05) is 11.0 Å². The summed E-state index contributed by atoms with van der Waals surface area (Å²) in [5.41, 5.74) is 4.80. The van der Waals surface area contributed by atoms with Crippen LogP contribution in [0.1, 0.15) is 11.7 Å². The molecule has 0 spiro atoms.